The lowest BCUT2D eigenvalue weighted by Crippen LogP contribution is -2.09. The standard InChI is InChI=1S/C17H18O/c1-17(2,3)16-9-8-15(18-16)14-10-12-6-4-5-7-13(12)11-14/h4-10H,11H2,1-3H3. The fourth-order valence-corrected chi connectivity index (χ4v) is 2.35. The molecule has 0 atom stereocenters. The molecule has 0 spiro atoms. The smallest absolute Gasteiger partial charge is 0.130 e. The van der Waals surface area contributed by atoms with Crippen molar-refractivity contribution in [3.63, 3.8) is 0 Å². The van der Waals surface area contributed by atoms with E-state index in [1.165, 1.54) is 16.7 Å². The quantitative estimate of drug-likeness (QED) is 0.703. The Labute approximate surface area is 108 Å². The summed E-state index contributed by atoms with van der Waals surface area (Å²) in [5.74, 6) is 2.06. The number of hydrogen-bond acceptors (Lipinski definition) is 1. The van der Waals surface area contributed by atoms with Crippen LogP contribution in [0.1, 0.15) is 43.4 Å². The molecular formula is C17H18O. The van der Waals surface area contributed by atoms with Gasteiger partial charge in [0, 0.05) is 11.8 Å². The van der Waals surface area contributed by atoms with Gasteiger partial charge in [0.1, 0.15) is 11.5 Å². The van der Waals surface area contributed by atoms with Gasteiger partial charge in [0.05, 0.1) is 0 Å². The summed E-state index contributed by atoms with van der Waals surface area (Å²) in [6, 6.07) is 12.7. The van der Waals surface area contributed by atoms with Gasteiger partial charge >= 0.3 is 0 Å². The summed E-state index contributed by atoms with van der Waals surface area (Å²) in [4.78, 5) is 0. The molecule has 0 fully saturated rings. The van der Waals surface area contributed by atoms with Crippen molar-refractivity contribution < 1.29 is 4.42 Å². The molecule has 1 aliphatic rings. The molecule has 0 radical (unpaired) electrons. The molecule has 0 saturated heterocycles. The first-order valence-electron chi connectivity index (χ1n) is 6.43. The maximum Gasteiger partial charge on any atom is 0.130 e. The van der Waals surface area contributed by atoms with E-state index in [9.17, 15) is 0 Å². The fraction of sp³-hybridized carbons (Fsp3) is 0.294. The number of fused-ring (bicyclic) bond motifs is 1. The molecule has 1 aliphatic carbocycles. The average Bonchev–Trinajstić information content (AvgIpc) is 2.94. The summed E-state index contributed by atoms with van der Waals surface area (Å²) in [6.45, 7) is 6.52. The van der Waals surface area contributed by atoms with Crippen LogP contribution in [0.3, 0.4) is 0 Å². The second-order valence-electron chi connectivity index (χ2n) is 5.96. The van der Waals surface area contributed by atoms with Crippen LogP contribution in [-0.2, 0) is 11.8 Å². The van der Waals surface area contributed by atoms with E-state index < -0.39 is 0 Å². The van der Waals surface area contributed by atoms with Crippen LogP contribution in [0.25, 0.3) is 11.6 Å². The highest BCUT2D eigenvalue weighted by atomic mass is 16.3. The molecule has 0 aliphatic heterocycles. The van der Waals surface area contributed by atoms with Crippen molar-refractivity contribution in [3.8, 4) is 0 Å². The Balaban J connectivity index is 1.93. The molecular weight excluding hydrogens is 220 g/mol. The van der Waals surface area contributed by atoms with Crippen LogP contribution >= 0.6 is 0 Å². The number of furan rings is 1. The van der Waals surface area contributed by atoms with Gasteiger partial charge < -0.3 is 4.42 Å². The zero-order valence-corrected chi connectivity index (χ0v) is 11.2. The second kappa shape index (κ2) is 3.88. The molecule has 1 nitrogen and oxygen atoms in total. The zero-order chi connectivity index (χ0) is 12.8. The first-order chi connectivity index (χ1) is 8.54. The molecule has 0 bridgehead atoms. The Morgan fingerprint density at radius 1 is 1.00 bits per heavy atom. The Morgan fingerprint density at radius 3 is 2.44 bits per heavy atom. The summed E-state index contributed by atoms with van der Waals surface area (Å²) in [7, 11) is 0. The predicted octanol–water partition coefficient (Wildman–Crippen LogP) is 4.67. The van der Waals surface area contributed by atoms with Crippen molar-refractivity contribution in [1.29, 1.82) is 0 Å². The minimum Gasteiger partial charge on any atom is -0.461 e. The van der Waals surface area contributed by atoms with E-state index in [1.807, 2.05) is 0 Å². The van der Waals surface area contributed by atoms with E-state index >= 15 is 0 Å². The first kappa shape index (κ1) is 11.3. The lowest BCUT2D eigenvalue weighted by Gasteiger charge is -2.14. The highest BCUT2D eigenvalue weighted by Gasteiger charge is 2.21. The Hall–Kier alpha value is -1.76. The molecule has 0 amide bonds. The van der Waals surface area contributed by atoms with Crippen LogP contribution in [0.15, 0.2) is 40.8 Å². The van der Waals surface area contributed by atoms with E-state index in [4.69, 9.17) is 4.42 Å². The molecule has 1 heterocycles. The van der Waals surface area contributed by atoms with Gasteiger partial charge in [0.25, 0.3) is 0 Å². The van der Waals surface area contributed by atoms with E-state index in [1.54, 1.807) is 0 Å². The SMILES string of the molecule is CC(C)(C)c1ccc(C2=Cc3ccccc3C2)o1. The van der Waals surface area contributed by atoms with Crippen LogP contribution in [-0.4, -0.2) is 0 Å². The molecule has 0 N–H and O–H groups in total. The zero-order valence-electron chi connectivity index (χ0n) is 11.2. The van der Waals surface area contributed by atoms with E-state index in [0.29, 0.717) is 0 Å². The van der Waals surface area contributed by atoms with E-state index in [-0.39, 0.29) is 5.41 Å². The molecule has 1 aromatic heterocycles. The minimum absolute atomic E-state index is 0.0737. The van der Waals surface area contributed by atoms with Gasteiger partial charge in [0.15, 0.2) is 0 Å². The number of allylic oxidation sites excluding steroid dienone is 1. The lowest BCUT2D eigenvalue weighted by molar-refractivity contribution is 0.403. The van der Waals surface area contributed by atoms with Crippen molar-refractivity contribution >= 4 is 11.6 Å². The third-order valence-electron chi connectivity index (χ3n) is 3.43. The maximum atomic E-state index is 5.99. The van der Waals surface area contributed by atoms with Gasteiger partial charge in [-0.1, -0.05) is 45.0 Å². The predicted molar refractivity (Wildman–Crippen MR) is 75.4 cm³/mol. The van der Waals surface area contributed by atoms with Crippen molar-refractivity contribution in [2.24, 2.45) is 0 Å². The van der Waals surface area contributed by atoms with Crippen molar-refractivity contribution in [1.82, 2.24) is 0 Å². The minimum atomic E-state index is 0.0737. The largest absolute Gasteiger partial charge is 0.461 e. The maximum absolute atomic E-state index is 5.99. The summed E-state index contributed by atoms with van der Waals surface area (Å²) in [5.41, 5.74) is 4.07. The normalized spacial score (nSPS) is 14.5. The third-order valence-corrected chi connectivity index (χ3v) is 3.43. The number of benzene rings is 1. The van der Waals surface area contributed by atoms with Gasteiger partial charge in [-0.2, -0.15) is 0 Å². The van der Waals surface area contributed by atoms with Crippen LogP contribution < -0.4 is 0 Å². The van der Waals surface area contributed by atoms with E-state index in [2.05, 4.69) is 63.2 Å². The lowest BCUT2D eigenvalue weighted by atomic mass is 9.94. The molecule has 1 aromatic carbocycles. The van der Waals surface area contributed by atoms with Gasteiger partial charge in [-0.25, -0.2) is 0 Å². The topological polar surface area (TPSA) is 13.1 Å². The Morgan fingerprint density at radius 2 is 1.78 bits per heavy atom. The van der Waals surface area contributed by atoms with E-state index in [0.717, 1.165) is 17.9 Å². The van der Waals surface area contributed by atoms with Crippen molar-refractivity contribution in [2.45, 2.75) is 32.6 Å². The Bertz CT molecular complexity index is 609. The van der Waals surface area contributed by atoms with Gasteiger partial charge in [-0.05, 0) is 34.9 Å². The van der Waals surface area contributed by atoms with Gasteiger partial charge in [-0.15, -0.1) is 0 Å². The molecule has 1 heteroatoms. The fourth-order valence-electron chi connectivity index (χ4n) is 2.35. The molecule has 18 heavy (non-hydrogen) atoms. The molecule has 92 valence electrons. The van der Waals surface area contributed by atoms with Gasteiger partial charge in [0.2, 0.25) is 0 Å². The molecule has 0 saturated carbocycles. The second-order valence-corrected chi connectivity index (χ2v) is 5.96. The summed E-state index contributed by atoms with van der Waals surface area (Å²) >= 11 is 0. The van der Waals surface area contributed by atoms with Crippen LogP contribution in [0.4, 0.5) is 0 Å². The number of hydrogen-bond donors (Lipinski definition) is 0. The molecule has 0 unspecified atom stereocenters. The van der Waals surface area contributed by atoms with Crippen LogP contribution in [0, 0.1) is 0 Å². The highest BCUT2D eigenvalue weighted by molar-refractivity contribution is 5.86. The average molecular weight is 238 g/mol. The van der Waals surface area contributed by atoms with Crippen molar-refractivity contribution in [3.05, 3.63) is 59.0 Å². The first-order valence-corrected chi connectivity index (χ1v) is 6.43. The monoisotopic (exact) mass is 238 g/mol. The summed E-state index contributed by atoms with van der Waals surface area (Å²) < 4.78 is 5.99. The number of rotatable bonds is 1. The van der Waals surface area contributed by atoms with Crippen molar-refractivity contribution in [2.75, 3.05) is 0 Å². The molecule has 3 rings (SSSR count). The summed E-state index contributed by atoms with van der Waals surface area (Å²) in [5, 5.41) is 0. The molecule has 2 aromatic rings. The Kier molecular flexibility index (Phi) is 2.44. The highest BCUT2D eigenvalue weighted by Crippen LogP contribution is 2.34. The van der Waals surface area contributed by atoms with Gasteiger partial charge in [-0.3, -0.25) is 0 Å². The van der Waals surface area contributed by atoms with Crippen LogP contribution in [0.2, 0.25) is 0 Å². The van der Waals surface area contributed by atoms with Crippen LogP contribution in [0.5, 0.6) is 0 Å². The third kappa shape index (κ3) is 1.90. The summed E-state index contributed by atoms with van der Waals surface area (Å²) in [6.07, 6.45) is 3.22.